The average Bonchev–Trinajstić information content (AvgIpc) is 2.39. The zero-order valence-electron chi connectivity index (χ0n) is 12.4. The lowest BCUT2D eigenvalue weighted by Gasteiger charge is -2.27. The zero-order chi connectivity index (χ0) is 14.5. The van der Waals surface area contributed by atoms with Crippen molar-refractivity contribution in [3.8, 4) is 0 Å². The fraction of sp³-hybridized carbons (Fsp3) is 0.471. The van der Waals surface area contributed by atoms with Gasteiger partial charge in [0.15, 0.2) is 0 Å². The van der Waals surface area contributed by atoms with Crippen molar-refractivity contribution < 1.29 is 0 Å². The third-order valence-corrected chi connectivity index (χ3v) is 3.03. The molecule has 0 rings (SSSR count). The van der Waals surface area contributed by atoms with Crippen molar-refractivity contribution in [2.75, 3.05) is 32.7 Å². The molecule has 0 N–H and O–H groups in total. The van der Waals surface area contributed by atoms with Gasteiger partial charge in [-0.05, 0) is 26.3 Å². The first kappa shape index (κ1) is 17.9. The first-order valence-electron chi connectivity index (χ1n) is 6.92. The van der Waals surface area contributed by atoms with Crippen molar-refractivity contribution >= 4 is 0 Å². The largest absolute Gasteiger partial charge is 0.296 e. The molecule has 107 valence electrons. The molecule has 0 saturated heterocycles. The Morgan fingerprint density at radius 2 is 1.32 bits per heavy atom. The Bertz CT molecular complexity index is 250. The lowest BCUT2D eigenvalue weighted by molar-refractivity contribution is 0.268. The van der Waals surface area contributed by atoms with Gasteiger partial charge in [0, 0.05) is 32.2 Å². The van der Waals surface area contributed by atoms with Gasteiger partial charge in [0.25, 0.3) is 0 Å². The van der Waals surface area contributed by atoms with E-state index in [1.165, 1.54) is 0 Å². The predicted octanol–water partition coefficient (Wildman–Crippen LogP) is 3.32. The van der Waals surface area contributed by atoms with Crippen LogP contribution in [0.5, 0.6) is 0 Å². The number of hydrogen-bond acceptors (Lipinski definition) is 2. The van der Waals surface area contributed by atoms with Crippen LogP contribution in [-0.4, -0.2) is 48.6 Å². The van der Waals surface area contributed by atoms with E-state index in [9.17, 15) is 0 Å². The highest BCUT2D eigenvalue weighted by molar-refractivity contribution is 4.90. The van der Waals surface area contributed by atoms with Crippen molar-refractivity contribution in [3.05, 3.63) is 57.0 Å². The highest BCUT2D eigenvalue weighted by Crippen LogP contribution is 2.07. The maximum atomic E-state index is 3.80. The Morgan fingerprint density at radius 3 is 1.74 bits per heavy atom. The molecule has 19 heavy (non-hydrogen) atoms. The third kappa shape index (κ3) is 8.57. The molecule has 0 aromatic rings. The highest BCUT2D eigenvalue weighted by atomic mass is 15.1. The molecule has 1 radical (unpaired) electrons. The maximum Gasteiger partial charge on any atom is 0.0166 e. The van der Waals surface area contributed by atoms with Crippen LogP contribution < -0.4 is 0 Å². The van der Waals surface area contributed by atoms with Gasteiger partial charge in [-0.3, -0.25) is 9.80 Å². The normalized spacial score (nSPS) is 12.4. The average molecular weight is 261 g/mol. The molecule has 0 saturated carbocycles. The van der Waals surface area contributed by atoms with Gasteiger partial charge in [-0.2, -0.15) is 0 Å². The molecule has 0 aromatic heterocycles. The minimum Gasteiger partial charge on any atom is -0.296 e. The van der Waals surface area contributed by atoms with Crippen LogP contribution in [0.3, 0.4) is 0 Å². The van der Waals surface area contributed by atoms with Crippen LogP contribution in [0.1, 0.15) is 13.3 Å². The van der Waals surface area contributed by atoms with E-state index in [1.807, 2.05) is 24.3 Å². The first-order chi connectivity index (χ1) is 9.19. The monoisotopic (exact) mass is 261 g/mol. The van der Waals surface area contributed by atoms with E-state index in [0.29, 0.717) is 6.04 Å². The Morgan fingerprint density at radius 1 is 0.842 bits per heavy atom. The molecule has 1 unspecified atom stereocenters. The van der Waals surface area contributed by atoms with Crippen LogP contribution in [0.2, 0.25) is 0 Å². The SMILES string of the molecule is C=CCN(CC=C)CC[CH]C(C)N(CC=C)CC=C. The highest BCUT2D eigenvalue weighted by Gasteiger charge is 2.11. The van der Waals surface area contributed by atoms with Gasteiger partial charge in [0.1, 0.15) is 0 Å². The summed E-state index contributed by atoms with van der Waals surface area (Å²) in [6.45, 7) is 22.1. The van der Waals surface area contributed by atoms with Crippen molar-refractivity contribution in [1.29, 1.82) is 0 Å². The van der Waals surface area contributed by atoms with E-state index in [-0.39, 0.29) is 0 Å². The fourth-order valence-corrected chi connectivity index (χ4v) is 2.01. The van der Waals surface area contributed by atoms with Crippen LogP contribution in [0.15, 0.2) is 50.6 Å². The van der Waals surface area contributed by atoms with E-state index < -0.39 is 0 Å². The van der Waals surface area contributed by atoms with Gasteiger partial charge in [-0.25, -0.2) is 0 Å². The molecular weight excluding hydrogens is 232 g/mol. The molecule has 0 heterocycles. The summed E-state index contributed by atoms with van der Waals surface area (Å²) in [6, 6.07) is 0.435. The van der Waals surface area contributed by atoms with Gasteiger partial charge < -0.3 is 0 Å². The molecule has 0 aromatic carbocycles. The van der Waals surface area contributed by atoms with Gasteiger partial charge in [0.05, 0.1) is 0 Å². The quantitative estimate of drug-likeness (QED) is 0.469. The summed E-state index contributed by atoms with van der Waals surface area (Å²) in [6.07, 6.45) is 11.2. The lowest BCUT2D eigenvalue weighted by Crippen LogP contribution is -2.35. The van der Waals surface area contributed by atoms with Crippen LogP contribution in [0.25, 0.3) is 0 Å². The van der Waals surface area contributed by atoms with E-state index in [1.54, 1.807) is 0 Å². The zero-order valence-corrected chi connectivity index (χ0v) is 12.4. The standard InChI is InChI=1S/C17H29N2/c1-6-12-18(13-7-2)16-10-11-17(5)19(14-8-3)15-9-4/h6-9,11,17H,1-4,10,12-16H2,5H3. The summed E-state index contributed by atoms with van der Waals surface area (Å²) in [4.78, 5) is 4.67. The Hall–Kier alpha value is -1.12. The molecule has 1 atom stereocenters. The van der Waals surface area contributed by atoms with Crippen molar-refractivity contribution in [3.63, 3.8) is 0 Å². The molecule has 2 nitrogen and oxygen atoms in total. The minimum atomic E-state index is 0.435. The minimum absolute atomic E-state index is 0.435. The van der Waals surface area contributed by atoms with Crippen molar-refractivity contribution in [2.45, 2.75) is 19.4 Å². The molecule has 0 spiro atoms. The molecule has 0 amide bonds. The fourth-order valence-electron chi connectivity index (χ4n) is 2.01. The molecule has 2 heteroatoms. The van der Waals surface area contributed by atoms with E-state index in [2.05, 4.69) is 49.5 Å². The van der Waals surface area contributed by atoms with E-state index in [0.717, 1.165) is 39.1 Å². The maximum absolute atomic E-state index is 3.80. The van der Waals surface area contributed by atoms with Crippen molar-refractivity contribution in [1.82, 2.24) is 9.80 Å². The van der Waals surface area contributed by atoms with Gasteiger partial charge in [-0.15, -0.1) is 26.3 Å². The van der Waals surface area contributed by atoms with Crippen molar-refractivity contribution in [2.24, 2.45) is 0 Å². The second-order valence-corrected chi connectivity index (χ2v) is 4.63. The Balaban J connectivity index is 4.06. The summed E-state index contributed by atoms with van der Waals surface area (Å²) in [7, 11) is 0. The number of nitrogens with zero attached hydrogens (tertiary/aromatic N) is 2. The van der Waals surface area contributed by atoms with Crippen LogP contribution in [0, 0.1) is 6.42 Å². The van der Waals surface area contributed by atoms with E-state index in [4.69, 9.17) is 0 Å². The number of hydrogen-bond donors (Lipinski definition) is 0. The Labute approximate surface area is 119 Å². The number of rotatable bonds is 13. The Kier molecular flexibility index (Phi) is 11.2. The summed E-state index contributed by atoms with van der Waals surface area (Å²) < 4.78 is 0. The first-order valence-corrected chi connectivity index (χ1v) is 6.92. The third-order valence-electron chi connectivity index (χ3n) is 3.03. The topological polar surface area (TPSA) is 6.48 Å². The second kappa shape index (κ2) is 11.9. The van der Waals surface area contributed by atoms with Crippen LogP contribution >= 0.6 is 0 Å². The molecule has 0 aliphatic rings. The predicted molar refractivity (Wildman–Crippen MR) is 87.2 cm³/mol. The molecule has 0 aliphatic carbocycles. The van der Waals surface area contributed by atoms with E-state index >= 15 is 0 Å². The van der Waals surface area contributed by atoms with Gasteiger partial charge in [0.2, 0.25) is 0 Å². The molecular formula is C17H29N2. The molecule has 0 fully saturated rings. The van der Waals surface area contributed by atoms with Gasteiger partial charge >= 0.3 is 0 Å². The summed E-state index contributed by atoms with van der Waals surface area (Å²) in [5.74, 6) is 0. The molecule has 0 bridgehead atoms. The second-order valence-electron chi connectivity index (χ2n) is 4.63. The van der Waals surface area contributed by atoms with Gasteiger partial charge in [-0.1, -0.05) is 24.3 Å². The summed E-state index contributed by atoms with van der Waals surface area (Å²) in [5.41, 5.74) is 0. The summed E-state index contributed by atoms with van der Waals surface area (Å²) >= 11 is 0. The summed E-state index contributed by atoms with van der Waals surface area (Å²) in [5, 5.41) is 0. The molecule has 0 aliphatic heterocycles. The van der Waals surface area contributed by atoms with Crippen LogP contribution in [0.4, 0.5) is 0 Å². The van der Waals surface area contributed by atoms with Crippen LogP contribution in [-0.2, 0) is 0 Å². The lowest BCUT2D eigenvalue weighted by atomic mass is 10.1. The smallest absolute Gasteiger partial charge is 0.0166 e.